The molecule has 25 heavy (non-hydrogen) atoms. The standard InChI is InChI=1S/C18H38N4O2S/c1-5-19-18(21-17(3)10-15-25(4,23)24)20-11-6-7-12-22-13-8-16(2)9-14-22/h16-17H,5-15H2,1-4H3,(H2,19,20,21). The number of hydrogen-bond acceptors (Lipinski definition) is 4. The molecule has 1 atom stereocenters. The third kappa shape index (κ3) is 11.4. The van der Waals surface area contributed by atoms with Gasteiger partial charge in [-0.15, -0.1) is 0 Å². The van der Waals surface area contributed by atoms with Gasteiger partial charge in [-0.3, -0.25) is 4.99 Å². The van der Waals surface area contributed by atoms with Gasteiger partial charge in [0.25, 0.3) is 0 Å². The number of guanidine groups is 1. The maximum Gasteiger partial charge on any atom is 0.191 e. The van der Waals surface area contributed by atoms with E-state index in [4.69, 9.17) is 0 Å². The Morgan fingerprint density at radius 2 is 1.96 bits per heavy atom. The van der Waals surface area contributed by atoms with Gasteiger partial charge >= 0.3 is 0 Å². The number of hydrogen-bond donors (Lipinski definition) is 2. The Kier molecular flexibility index (Phi) is 10.4. The molecular weight excluding hydrogens is 336 g/mol. The Hall–Kier alpha value is -0.820. The Morgan fingerprint density at radius 1 is 1.28 bits per heavy atom. The van der Waals surface area contributed by atoms with E-state index >= 15 is 0 Å². The Morgan fingerprint density at radius 3 is 2.56 bits per heavy atom. The van der Waals surface area contributed by atoms with Crippen molar-refractivity contribution in [1.82, 2.24) is 15.5 Å². The van der Waals surface area contributed by atoms with E-state index in [2.05, 4.69) is 27.4 Å². The van der Waals surface area contributed by atoms with Gasteiger partial charge in [-0.05, 0) is 71.5 Å². The van der Waals surface area contributed by atoms with Gasteiger partial charge in [0.05, 0.1) is 5.75 Å². The highest BCUT2D eigenvalue weighted by Gasteiger charge is 2.14. The summed E-state index contributed by atoms with van der Waals surface area (Å²) in [6.45, 7) is 11.6. The molecule has 0 saturated carbocycles. The normalized spacial score (nSPS) is 19.0. The van der Waals surface area contributed by atoms with E-state index in [1.54, 1.807) is 0 Å². The van der Waals surface area contributed by atoms with Crippen LogP contribution >= 0.6 is 0 Å². The molecule has 1 unspecified atom stereocenters. The molecule has 0 radical (unpaired) electrons. The summed E-state index contributed by atoms with van der Waals surface area (Å²) >= 11 is 0. The predicted octanol–water partition coefficient (Wildman–Crippen LogP) is 1.88. The first-order chi connectivity index (χ1) is 11.8. The van der Waals surface area contributed by atoms with Crippen LogP contribution in [0.4, 0.5) is 0 Å². The van der Waals surface area contributed by atoms with Gasteiger partial charge in [-0.2, -0.15) is 0 Å². The first-order valence-electron chi connectivity index (χ1n) is 9.75. The highest BCUT2D eigenvalue weighted by atomic mass is 32.2. The summed E-state index contributed by atoms with van der Waals surface area (Å²) < 4.78 is 22.5. The zero-order valence-corrected chi connectivity index (χ0v) is 17.4. The van der Waals surface area contributed by atoms with Crippen molar-refractivity contribution in [3.8, 4) is 0 Å². The van der Waals surface area contributed by atoms with Crippen molar-refractivity contribution in [2.45, 2.75) is 58.9 Å². The molecule has 1 aliphatic heterocycles. The molecule has 1 aliphatic rings. The molecule has 1 saturated heterocycles. The number of likely N-dealkylation sites (tertiary alicyclic amines) is 1. The minimum atomic E-state index is -2.91. The van der Waals surface area contributed by atoms with Crippen LogP contribution in [0.5, 0.6) is 0 Å². The molecule has 0 aliphatic carbocycles. The molecule has 7 heteroatoms. The van der Waals surface area contributed by atoms with Gasteiger partial charge < -0.3 is 15.5 Å². The number of aliphatic imine (C=N–C) groups is 1. The summed E-state index contributed by atoms with van der Waals surface area (Å²) in [5.41, 5.74) is 0. The fourth-order valence-electron chi connectivity index (χ4n) is 2.94. The number of nitrogens with one attached hydrogen (secondary N) is 2. The fourth-order valence-corrected chi connectivity index (χ4v) is 3.72. The molecule has 0 aromatic heterocycles. The molecule has 0 amide bonds. The van der Waals surface area contributed by atoms with Crippen LogP contribution in [-0.2, 0) is 9.84 Å². The molecule has 6 nitrogen and oxygen atoms in total. The molecular formula is C18H38N4O2S. The lowest BCUT2D eigenvalue weighted by Crippen LogP contribution is -2.43. The van der Waals surface area contributed by atoms with Crippen LogP contribution in [0.15, 0.2) is 4.99 Å². The van der Waals surface area contributed by atoms with Crippen molar-refractivity contribution < 1.29 is 8.42 Å². The van der Waals surface area contributed by atoms with Crippen LogP contribution in [0, 0.1) is 5.92 Å². The SMILES string of the molecule is CCNC(=NCCCCN1CCC(C)CC1)NC(C)CCS(C)(=O)=O. The summed E-state index contributed by atoms with van der Waals surface area (Å²) in [5, 5.41) is 6.53. The quantitative estimate of drug-likeness (QED) is 0.347. The van der Waals surface area contributed by atoms with Gasteiger partial charge in [0.1, 0.15) is 9.84 Å². The van der Waals surface area contributed by atoms with Crippen molar-refractivity contribution in [2.75, 3.05) is 44.7 Å². The maximum atomic E-state index is 11.3. The average molecular weight is 375 g/mol. The Bertz CT molecular complexity index is 485. The Balaban J connectivity index is 2.25. The van der Waals surface area contributed by atoms with E-state index in [-0.39, 0.29) is 11.8 Å². The van der Waals surface area contributed by atoms with E-state index in [0.29, 0.717) is 6.42 Å². The summed E-state index contributed by atoms with van der Waals surface area (Å²) in [6.07, 6.45) is 6.80. The van der Waals surface area contributed by atoms with Crippen molar-refractivity contribution in [3.63, 3.8) is 0 Å². The van der Waals surface area contributed by atoms with Crippen LogP contribution in [0.3, 0.4) is 0 Å². The van der Waals surface area contributed by atoms with Crippen LogP contribution in [0.2, 0.25) is 0 Å². The minimum Gasteiger partial charge on any atom is -0.357 e. The van der Waals surface area contributed by atoms with Gasteiger partial charge in [-0.25, -0.2) is 8.42 Å². The van der Waals surface area contributed by atoms with Gasteiger partial charge in [0, 0.05) is 25.4 Å². The van der Waals surface area contributed by atoms with Crippen LogP contribution in [-0.4, -0.2) is 70.1 Å². The number of piperidine rings is 1. The molecule has 2 N–H and O–H groups in total. The monoisotopic (exact) mass is 374 g/mol. The van der Waals surface area contributed by atoms with E-state index < -0.39 is 9.84 Å². The van der Waals surface area contributed by atoms with Crippen LogP contribution < -0.4 is 10.6 Å². The number of nitrogens with zero attached hydrogens (tertiary/aromatic N) is 2. The highest BCUT2D eigenvalue weighted by molar-refractivity contribution is 7.90. The largest absolute Gasteiger partial charge is 0.357 e. The van der Waals surface area contributed by atoms with E-state index in [1.807, 2.05) is 13.8 Å². The summed E-state index contributed by atoms with van der Waals surface area (Å²) in [5.74, 6) is 1.88. The van der Waals surface area contributed by atoms with Crippen molar-refractivity contribution in [1.29, 1.82) is 0 Å². The molecule has 0 aromatic carbocycles. The molecule has 1 fully saturated rings. The summed E-state index contributed by atoms with van der Waals surface area (Å²) in [4.78, 5) is 7.19. The van der Waals surface area contributed by atoms with E-state index in [9.17, 15) is 8.42 Å². The summed E-state index contributed by atoms with van der Waals surface area (Å²) in [7, 11) is -2.91. The number of rotatable bonds is 10. The van der Waals surface area contributed by atoms with Crippen molar-refractivity contribution in [3.05, 3.63) is 0 Å². The van der Waals surface area contributed by atoms with Gasteiger partial charge in [0.2, 0.25) is 0 Å². The molecule has 1 heterocycles. The molecule has 0 spiro atoms. The zero-order valence-electron chi connectivity index (χ0n) is 16.6. The lowest BCUT2D eigenvalue weighted by molar-refractivity contribution is 0.190. The molecule has 0 bridgehead atoms. The second-order valence-electron chi connectivity index (χ2n) is 7.46. The van der Waals surface area contributed by atoms with Crippen molar-refractivity contribution >= 4 is 15.8 Å². The maximum absolute atomic E-state index is 11.3. The van der Waals surface area contributed by atoms with Crippen molar-refractivity contribution in [2.24, 2.45) is 10.9 Å². The van der Waals surface area contributed by atoms with E-state index in [0.717, 1.165) is 31.4 Å². The third-order valence-electron chi connectivity index (χ3n) is 4.68. The Labute approximate surface area is 154 Å². The predicted molar refractivity (Wildman–Crippen MR) is 107 cm³/mol. The molecule has 0 aromatic rings. The first-order valence-corrected chi connectivity index (χ1v) is 11.8. The van der Waals surface area contributed by atoms with Crippen LogP contribution in [0.25, 0.3) is 0 Å². The topological polar surface area (TPSA) is 73.8 Å². The second-order valence-corrected chi connectivity index (χ2v) is 9.72. The fraction of sp³-hybridized carbons (Fsp3) is 0.944. The highest BCUT2D eigenvalue weighted by Crippen LogP contribution is 2.16. The lowest BCUT2D eigenvalue weighted by Gasteiger charge is -2.30. The lowest BCUT2D eigenvalue weighted by atomic mass is 9.99. The number of unbranched alkanes of at least 4 members (excludes halogenated alkanes) is 1. The molecule has 148 valence electrons. The van der Waals surface area contributed by atoms with Crippen LogP contribution in [0.1, 0.15) is 52.9 Å². The number of sulfone groups is 1. The average Bonchev–Trinajstić information content (AvgIpc) is 2.54. The van der Waals surface area contributed by atoms with Gasteiger partial charge in [-0.1, -0.05) is 6.92 Å². The first kappa shape index (κ1) is 22.2. The van der Waals surface area contributed by atoms with E-state index in [1.165, 1.54) is 45.2 Å². The van der Waals surface area contributed by atoms with Gasteiger partial charge in [0.15, 0.2) is 5.96 Å². The zero-order chi connectivity index (χ0) is 18.7. The second kappa shape index (κ2) is 11.7. The smallest absolute Gasteiger partial charge is 0.191 e. The summed E-state index contributed by atoms with van der Waals surface area (Å²) in [6, 6.07) is 0.0860. The minimum absolute atomic E-state index is 0.0860. The molecule has 1 rings (SSSR count). The third-order valence-corrected chi connectivity index (χ3v) is 5.65.